The molecule has 0 spiro atoms. The Labute approximate surface area is 173 Å². The van der Waals surface area contributed by atoms with Gasteiger partial charge in [0.05, 0.1) is 11.1 Å². The summed E-state index contributed by atoms with van der Waals surface area (Å²) in [5.74, 6) is 0.297. The highest BCUT2D eigenvalue weighted by Crippen LogP contribution is 2.21. The molecule has 7 heteroatoms. The van der Waals surface area contributed by atoms with Gasteiger partial charge in [0.1, 0.15) is 0 Å². The Hall–Kier alpha value is -2.41. The number of carbonyl (C=O) groups is 2. The number of likely N-dealkylation sites (tertiary alicyclic amines) is 1. The average molecular weight is 400 g/mol. The van der Waals surface area contributed by atoms with Crippen molar-refractivity contribution in [3.8, 4) is 0 Å². The monoisotopic (exact) mass is 399 g/mol. The van der Waals surface area contributed by atoms with Crippen LogP contribution >= 0.6 is 0 Å². The van der Waals surface area contributed by atoms with E-state index < -0.39 is 0 Å². The SMILES string of the molecule is CCNC(=NCCCN1CCCCC1C)NCCN1C(=O)c2ccccc2C1=O. The van der Waals surface area contributed by atoms with Gasteiger partial charge in [-0.05, 0) is 51.8 Å². The molecule has 29 heavy (non-hydrogen) atoms. The zero-order valence-corrected chi connectivity index (χ0v) is 17.6. The maximum atomic E-state index is 12.4. The number of aliphatic imine (C=N–C) groups is 1. The molecule has 1 aromatic carbocycles. The van der Waals surface area contributed by atoms with Crippen LogP contribution in [0.25, 0.3) is 0 Å². The van der Waals surface area contributed by atoms with E-state index >= 15 is 0 Å². The third-order valence-corrected chi connectivity index (χ3v) is 5.66. The molecule has 1 saturated heterocycles. The van der Waals surface area contributed by atoms with Crippen molar-refractivity contribution < 1.29 is 9.59 Å². The molecule has 7 nitrogen and oxygen atoms in total. The molecule has 0 bridgehead atoms. The summed E-state index contributed by atoms with van der Waals surface area (Å²) in [5.41, 5.74) is 0.982. The number of guanidine groups is 1. The number of nitrogens with zero attached hydrogens (tertiary/aromatic N) is 3. The number of fused-ring (bicyclic) bond motifs is 1. The van der Waals surface area contributed by atoms with Crippen LogP contribution in [0.4, 0.5) is 0 Å². The van der Waals surface area contributed by atoms with Crippen molar-refractivity contribution in [2.75, 3.05) is 39.3 Å². The molecule has 2 aliphatic heterocycles. The summed E-state index contributed by atoms with van der Waals surface area (Å²) in [6, 6.07) is 7.66. The van der Waals surface area contributed by atoms with E-state index in [2.05, 4.69) is 27.4 Å². The number of hydrogen-bond acceptors (Lipinski definition) is 4. The number of hydrogen-bond donors (Lipinski definition) is 2. The Morgan fingerprint density at radius 1 is 1.10 bits per heavy atom. The van der Waals surface area contributed by atoms with Gasteiger partial charge in [-0.25, -0.2) is 0 Å². The van der Waals surface area contributed by atoms with E-state index in [-0.39, 0.29) is 11.8 Å². The van der Waals surface area contributed by atoms with E-state index in [4.69, 9.17) is 0 Å². The fourth-order valence-corrected chi connectivity index (χ4v) is 4.02. The van der Waals surface area contributed by atoms with Crippen LogP contribution in [-0.2, 0) is 0 Å². The lowest BCUT2D eigenvalue weighted by Crippen LogP contribution is -2.43. The molecule has 0 aromatic heterocycles. The van der Waals surface area contributed by atoms with Crippen molar-refractivity contribution in [2.24, 2.45) is 4.99 Å². The summed E-state index contributed by atoms with van der Waals surface area (Å²) in [5, 5.41) is 6.47. The quantitative estimate of drug-likeness (QED) is 0.303. The number of piperidine rings is 1. The van der Waals surface area contributed by atoms with E-state index in [1.165, 1.54) is 30.7 Å². The summed E-state index contributed by atoms with van der Waals surface area (Å²) in [7, 11) is 0. The minimum Gasteiger partial charge on any atom is -0.357 e. The van der Waals surface area contributed by atoms with Crippen LogP contribution in [0, 0.1) is 0 Å². The Morgan fingerprint density at radius 2 is 1.83 bits per heavy atom. The average Bonchev–Trinajstić information content (AvgIpc) is 2.97. The fourth-order valence-electron chi connectivity index (χ4n) is 4.02. The second-order valence-electron chi connectivity index (χ2n) is 7.73. The van der Waals surface area contributed by atoms with Crippen molar-refractivity contribution in [3.05, 3.63) is 35.4 Å². The first-order valence-corrected chi connectivity index (χ1v) is 10.8. The van der Waals surface area contributed by atoms with Crippen LogP contribution < -0.4 is 10.6 Å². The van der Waals surface area contributed by atoms with Crippen molar-refractivity contribution in [3.63, 3.8) is 0 Å². The van der Waals surface area contributed by atoms with Gasteiger partial charge in [-0.2, -0.15) is 0 Å². The Balaban J connectivity index is 1.44. The zero-order valence-electron chi connectivity index (χ0n) is 17.6. The Morgan fingerprint density at radius 3 is 2.48 bits per heavy atom. The Bertz CT molecular complexity index is 713. The first-order chi connectivity index (χ1) is 14.1. The van der Waals surface area contributed by atoms with Gasteiger partial charge in [0.2, 0.25) is 0 Å². The van der Waals surface area contributed by atoms with Gasteiger partial charge in [0.25, 0.3) is 11.8 Å². The molecule has 2 amide bonds. The van der Waals surface area contributed by atoms with Crippen LogP contribution in [0.2, 0.25) is 0 Å². The molecular weight excluding hydrogens is 366 g/mol. The number of imide groups is 1. The zero-order chi connectivity index (χ0) is 20.6. The summed E-state index contributed by atoms with van der Waals surface area (Å²) in [4.78, 5) is 33.4. The third-order valence-electron chi connectivity index (χ3n) is 5.66. The Kier molecular flexibility index (Phi) is 7.63. The molecule has 3 rings (SSSR count). The predicted molar refractivity (Wildman–Crippen MR) is 115 cm³/mol. The number of benzene rings is 1. The predicted octanol–water partition coefficient (Wildman–Crippen LogP) is 2.10. The second kappa shape index (κ2) is 10.4. The highest BCUT2D eigenvalue weighted by atomic mass is 16.2. The molecule has 0 aliphatic carbocycles. The molecule has 1 aromatic rings. The van der Waals surface area contributed by atoms with Crippen LogP contribution in [0.15, 0.2) is 29.3 Å². The molecule has 2 N–H and O–H groups in total. The summed E-state index contributed by atoms with van der Waals surface area (Å²) in [6.45, 7) is 8.93. The lowest BCUT2D eigenvalue weighted by Gasteiger charge is -2.33. The van der Waals surface area contributed by atoms with E-state index in [9.17, 15) is 9.59 Å². The van der Waals surface area contributed by atoms with Gasteiger partial charge >= 0.3 is 0 Å². The first kappa shape index (κ1) is 21.3. The number of nitrogens with one attached hydrogen (secondary N) is 2. The van der Waals surface area contributed by atoms with Crippen molar-refractivity contribution in [1.29, 1.82) is 0 Å². The van der Waals surface area contributed by atoms with E-state index in [0.717, 1.165) is 32.0 Å². The number of rotatable bonds is 8. The summed E-state index contributed by atoms with van der Waals surface area (Å²) < 4.78 is 0. The van der Waals surface area contributed by atoms with Crippen molar-refractivity contribution in [1.82, 2.24) is 20.4 Å². The van der Waals surface area contributed by atoms with Gasteiger partial charge in [-0.3, -0.25) is 19.5 Å². The van der Waals surface area contributed by atoms with Gasteiger partial charge in [0.15, 0.2) is 5.96 Å². The maximum Gasteiger partial charge on any atom is 0.261 e. The van der Waals surface area contributed by atoms with Gasteiger partial charge in [0, 0.05) is 38.8 Å². The largest absolute Gasteiger partial charge is 0.357 e. The fraction of sp³-hybridized carbons (Fsp3) is 0.591. The number of carbonyl (C=O) groups excluding carboxylic acids is 2. The van der Waals surface area contributed by atoms with Crippen LogP contribution in [0.5, 0.6) is 0 Å². The molecule has 2 heterocycles. The molecule has 2 aliphatic rings. The van der Waals surface area contributed by atoms with Crippen LogP contribution in [0.3, 0.4) is 0 Å². The van der Waals surface area contributed by atoms with E-state index in [1.54, 1.807) is 24.3 Å². The van der Waals surface area contributed by atoms with E-state index in [1.807, 2.05) is 6.92 Å². The van der Waals surface area contributed by atoms with Gasteiger partial charge in [-0.15, -0.1) is 0 Å². The molecule has 158 valence electrons. The maximum absolute atomic E-state index is 12.4. The van der Waals surface area contributed by atoms with Gasteiger partial charge in [-0.1, -0.05) is 18.6 Å². The lowest BCUT2D eigenvalue weighted by atomic mass is 10.0. The standard InChI is InChI=1S/C22H33N5O2/c1-3-23-22(24-12-8-15-26-14-7-6-9-17(26)2)25-13-16-27-20(28)18-10-4-5-11-19(18)21(27)29/h4-5,10-11,17H,3,6-9,12-16H2,1-2H3,(H2,23,24,25). The molecule has 1 fully saturated rings. The van der Waals surface area contributed by atoms with Crippen molar-refractivity contribution in [2.45, 2.75) is 45.6 Å². The topological polar surface area (TPSA) is 77.0 Å². The minimum atomic E-state index is -0.218. The third kappa shape index (κ3) is 5.35. The highest BCUT2D eigenvalue weighted by molar-refractivity contribution is 6.21. The molecular formula is C22H33N5O2. The van der Waals surface area contributed by atoms with E-state index in [0.29, 0.717) is 30.3 Å². The molecule has 1 atom stereocenters. The van der Waals surface area contributed by atoms with Crippen LogP contribution in [-0.4, -0.2) is 72.9 Å². The molecule has 0 saturated carbocycles. The van der Waals surface area contributed by atoms with Gasteiger partial charge < -0.3 is 15.5 Å². The van der Waals surface area contributed by atoms with Crippen LogP contribution in [0.1, 0.15) is 60.2 Å². The molecule has 1 unspecified atom stereocenters. The van der Waals surface area contributed by atoms with Crippen molar-refractivity contribution >= 4 is 17.8 Å². The minimum absolute atomic E-state index is 0.218. The summed E-state index contributed by atoms with van der Waals surface area (Å²) >= 11 is 0. The summed E-state index contributed by atoms with van der Waals surface area (Å²) in [6.07, 6.45) is 4.97. The molecule has 0 radical (unpaired) electrons. The second-order valence-corrected chi connectivity index (χ2v) is 7.73. The smallest absolute Gasteiger partial charge is 0.261 e. The highest BCUT2D eigenvalue weighted by Gasteiger charge is 2.34. The normalized spacial score (nSPS) is 20.1. The first-order valence-electron chi connectivity index (χ1n) is 10.8. The number of amides is 2. The lowest BCUT2D eigenvalue weighted by molar-refractivity contribution is 0.0657.